The molecule has 0 amide bonds. The molecular weight excluding hydrogens is 228 g/mol. The predicted molar refractivity (Wildman–Crippen MR) is 62.3 cm³/mol. The molecule has 0 saturated carbocycles. The van der Waals surface area contributed by atoms with Gasteiger partial charge in [0.15, 0.2) is 0 Å². The minimum absolute atomic E-state index is 0.0547. The Bertz CT molecular complexity index is 411. The molecule has 3 N–H and O–H groups in total. The van der Waals surface area contributed by atoms with Crippen molar-refractivity contribution in [3.63, 3.8) is 0 Å². The molecule has 0 spiro atoms. The lowest BCUT2D eigenvalue weighted by Gasteiger charge is -2.14. The van der Waals surface area contributed by atoms with E-state index in [9.17, 15) is 15.0 Å². The van der Waals surface area contributed by atoms with Gasteiger partial charge in [0.25, 0.3) is 0 Å². The van der Waals surface area contributed by atoms with Gasteiger partial charge in [-0.2, -0.15) is 0 Å². The first kappa shape index (κ1) is 12.7. The first-order valence-electron chi connectivity index (χ1n) is 4.72. The highest BCUT2D eigenvalue weighted by Gasteiger charge is 2.17. The summed E-state index contributed by atoms with van der Waals surface area (Å²) in [7, 11) is 0. The Morgan fingerprint density at radius 1 is 1.06 bits per heavy atom. The standard InChI is InChI=1S/C11H14O4S/c1-5-6(2)10(15)11(7(3)9(5)14)16-4-8(12)13/h14-15H,4H2,1-3H3,(H,12,13). The first-order chi connectivity index (χ1) is 7.36. The number of carbonyl (C=O) groups is 1. The fraction of sp³-hybridized carbons (Fsp3) is 0.364. The van der Waals surface area contributed by atoms with E-state index in [-0.39, 0.29) is 17.3 Å². The number of aliphatic carboxylic acids is 1. The molecule has 1 aromatic rings. The van der Waals surface area contributed by atoms with Gasteiger partial charge < -0.3 is 15.3 Å². The van der Waals surface area contributed by atoms with Crippen molar-refractivity contribution >= 4 is 17.7 Å². The molecule has 1 aromatic carbocycles. The second kappa shape index (κ2) is 4.65. The fourth-order valence-corrected chi connectivity index (χ4v) is 2.27. The van der Waals surface area contributed by atoms with Crippen LogP contribution in [0.3, 0.4) is 0 Å². The predicted octanol–water partition coefficient (Wildman–Crippen LogP) is 2.20. The lowest BCUT2D eigenvalue weighted by atomic mass is 10.0. The summed E-state index contributed by atoms with van der Waals surface area (Å²) in [6.45, 7) is 5.06. The summed E-state index contributed by atoms with van der Waals surface area (Å²) >= 11 is 1.01. The molecular formula is C11H14O4S. The van der Waals surface area contributed by atoms with E-state index in [2.05, 4.69) is 0 Å². The Hall–Kier alpha value is -1.36. The summed E-state index contributed by atoms with van der Waals surface area (Å²) in [5, 5.41) is 28.2. The highest BCUT2D eigenvalue weighted by molar-refractivity contribution is 8.00. The molecule has 5 heteroatoms. The lowest BCUT2D eigenvalue weighted by Crippen LogP contribution is -1.99. The summed E-state index contributed by atoms with van der Waals surface area (Å²) in [5.41, 5.74) is 1.72. The van der Waals surface area contributed by atoms with Crippen LogP contribution in [0.15, 0.2) is 4.90 Å². The third kappa shape index (κ3) is 2.24. The average Bonchev–Trinajstić information content (AvgIpc) is 2.23. The van der Waals surface area contributed by atoms with Crippen molar-refractivity contribution in [2.75, 3.05) is 5.75 Å². The van der Waals surface area contributed by atoms with Crippen LogP contribution in [0.1, 0.15) is 16.7 Å². The lowest BCUT2D eigenvalue weighted by molar-refractivity contribution is -0.133. The van der Waals surface area contributed by atoms with E-state index in [1.807, 2.05) is 0 Å². The summed E-state index contributed by atoms with van der Waals surface area (Å²) in [5.74, 6) is -0.931. The molecule has 0 aliphatic heterocycles. The van der Waals surface area contributed by atoms with Crippen LogP contribution in [0.25, 0.3) is 0 Å². The van der Waals surface area contributed by atoms with Crippen molar-refractivity contribution in [2.45, 2.75) is 25.7 Å². The number of hydrogen-bond donors (Lipinski definition) is 3. The van der Waals surface area contributed by atoms with Crippen molar-refractivity contribution in [1.29, 1.82) is 0 Å². The van der Waals surface area contributed by atoms with Crippen molar-refractivity contribution in [3.05, 3.63) is 16.7 Å². The van der Waals surface area contributed by atoms with Gasteiger partial charge in [-0.3, -0.25) is 4.79 Å². The number of thioether (sulfide) groups is 1. The normalized spacial score (nSPS) is 10.4. The van der Waals surface area contributed by atoms with Crippen LogP contribution in [0.5, 0.6) is 11.5 Å². The molecule has 0 aromatic heterocycles. The van der Waals surface area contributed by atoms with Gasteiger partial charge in [-0.15, -0.1) is 11.8 Å². The number of hydrogen-bond acceptors (Lipinski definition) is 4. The molecule has 0 bridgehead atoms. The Labute approximate surface area is 97.9 Å². The SMILES string of the molecule is Cc1c(C)c(O)c(SCC(=O)O)c(C)c1O. The van der Waals surface area contributed by atoms with Gasteiger partial charge in [0, 0.05) is 5.56 Å². The molecule has 0 heterocycles. The number of rotatable bonds is 3. The quantitative estimate of drug-likeness (QED) is 0.559. The highest BCUT2D eigenvalue weighted by Crippen LogP contribution is 2.41. The molecule has 0 saturated heterocycles. The van der Waals surface area contributed by atoms with Crippen LogP contribution in [0.2, 0.25) is 0 Å². The van der Waals surface area contributed by atoms with E-state index < -0.39 is 5.97 Å². The number of phenolic OH excluding ortho intramolecular Hbond substituents is 2. The van der Waals surface area contributed by atoms with Gasteiger partial charge in [-0.05, 0) is 31.9 Å². The van der Waals surface area contributed by atoms with E-state index in [0.29, 0.717) is 21.6 Å². The maximum atomic E-state index is 10.5. The Morgan fingerprint density at radius 2 is 1.56 bits per heavy atom. The largest absolute Gasteiger partial charge is 0.507 e. The van der Waals surface area contributed by atoms with Gasteiger partial charge in [0.05, 0.1) is 10.6 Å². The molecule has 16 heavy (non-hydrogen) atoms. The summed E-state index contributed by atoms with van der Waals surface area (Å²) in [6.07, 6.45) is 0. The highest BCUT2D eigenvalue weighted by atomic mass is 32.2. The summed E-state index contributed by atoms with van der Waals surface area (Å²) in [6, 6.07) is 0. The molecule has 88 valence electrons. The monoisotopic (exact) mass is 242 g/mol. The zero-order chi connectivity index (χ0) is 12.5. The van der Waals surface area contributed by atoms with E-state index in [1.54, 1.807) is 20.8 Å². The molecule has 0 aliphatic rings. The molecule has 1 rings (SSSR count). The fourth-order valence-electron chi connectivity index (χ4n) is 1.40. The van der Waals surface area contributed by atoms with Crippen LogP contribution in [0.4, 0.5) is 0 Å². The van der Waals surface area contributed by atoms with Crippen LogP contribution in [0, 0.1) is 20.8 Å². The van der Waals surface area contributed by atoms with Crippen LogP contribution < -0.4 is 0 Å². The number of aromatic hydroxyl groups is 2. The zero-order valence-electron chi connectivity index (χ0n) is 9.37. The molecule has 0 radical (unpaired) electrons. The zero-order valence-corrected chi connectivity index (χ0v) is 10.2. The topological polar surface area (TPSA) is 77.8 Å². The van der Waals surface area contributed by atoms with Crippen molar-refractivity contribution < 1.29 is 20.1 Å². The van der Waals surface area contributed by atoms with E-state index in [4.69, 9.17) is 5.11 Å². The molecule has 0 atom stereocenters. The smallest absolute Gasteiger partial charge is 0.313 e. The number of carboxylic acids is 1. The van der Waals surface area contributed by atoms with E-state index in [0.717, 1.165) is 11.8 Å². The van der Waals surface area contributed by atoms with Gasteiger partial charge in [0.2, 0.25) is 0 Å². The number of benzene rings is 1. The van der Waals surface area contributed by atoms with E-state index in [1.165, 1.54) is 0 Å². The third-order valence-electron chi connectivity index (χ3n) is 2.52. The second-order valence-corrected chi connectivity index (χ2v) is 4.57. The summed E-state index contributed by atoms with van der Waals surface area (Å²) in [4.78, 5) is 10.9. The summed E-state index contributed by atoms with van der Waals surface area (Å²) < 4.78 is 0. The minimum atomic E-state index is -0.957. The molecule has 0 unspecified atom stereocenters. The number of phenols is 2. The minimum Gasteiger partial charge on any atom is -0.507 e. The van der Waals surface area contributed by atoms with Crippen LogP contribution in [-0.2, 0) is 4.79 Å². The van der Waals surface area contributed by atoms with Crippen LogP contribution >= 0.6 is 11.8 Å². The first-order valence-corrected chi connectivity index (χ1v) is 5.71. The second-order valence-electron chi connectivity index (χ2n) is 3.58. The molecule has 0 aliphatic carbocycles. The van der Waals surface area contributed by atoms with E-state index >= 15 is 0 Å². The van der Waals surface area contributed by atoms with Crippen molar-refractivity contribution in [1.82, 2.24) is 0 Å². The Morgan fingerprint density at radius 3 is 2.06 bits per heavy atom. The van der Waals surface area contributed by atoms with Gasteiger partial charge in [-0.25, -0.2) is 0 Å². The van der Waals surface area contributed by atoms with Gasteiger partial charge in [-0.1, -0.05) is 0 Å². The number of carboxylic acid groups (broad SMARTS) is 1. The van der Waals surface area contributed by atoms with Gasteiger partial charge in [0.1, 0.15) is 11.5 Å². The van der Waals surface area contributed by atoms with Crippen molar-refractivity contribution in [2.24, 2.45) is 0 Å². The van der Waals surface area contributed by atoms with Gasteiger partial charge >= 0.3 is 5.97 Å². The Kier molecular flexibility index (Phi) is 3.70. The third-order valence-corrected chi connectivity index (χ3v) is 3.70. The maximum absolute atomic E-state index is 10.5. The van der Waals surface area contributed by atoms with Crippen LogP contribution in [-0.4, -0.2) is 27.0 Å². The molecule has 0 fully saturated rings. The average molecular weight is 242 g/mol. The van der Waals surface area contributed by atoms with Crippen molar-refractivity contribution in [3.8, 4) is 11.5 Å². The Balaban J connectivity index is 3.23. The molecule has 4 nitrogen and oxygen atoms in total. The maximum Gasteiger partial charge on any atom is 0.313 e.